The molecule has 1 aromatic carbocycles. The van der Waals surface area contributed by atoms with Crippen LogP contribution in [0, 0.1) is 11.8 Å². The summed E-state index contributed by atoms with van der Waals surface area (Å²) in [6, 6.07) is -2.33. The van der Waals surface area contributed by atoms with E-state index in [0.29, 0.717) is 31.2 Å². The maximum absolute atomic E-state index is 14.4. The van der Waals surface area contributed by atoms with Crippen molar-refractivity contribution in [3.05, 3.63) is 35.9 Å². The summed E-state index contributed by atoms with van der Waals surface area (Å²) in [5.41, 5.74) is 44.4. The zero-order valence-corrected chi connectivity index (χ0v) is 48.1. The highest BCUT2D eigenvalue weighted by atomic mass is 16.3. The Morgan fingerprint density at radius 2 is 0.952 bits per heavy atom. The average Bonchev–Trinajstić information content (AvgIpc) is 4.03. The van der Waals surface area contributed by atoms with E-state index in [9.17, 15) is 48.3 Å². The minimum absolute atomic E-state index is 0.00573. The molecule has 31 nitrogen and oxygen atoms in total. The van der Waals surface area contributed by atoms with Gasteiger partial charge < -0.3 is 104 Å². The van der Waals surface area contributed by atoms with Crippen LogP contribution >= 0.6 is 0 Å². The van der Waals surface area contributed by atoms with Gasteiger partial charge in [-0.2, -0.15) is 0 Å². The van der Waals surface area contributed by atoms with E-state index in [1.54, 1.807) is 58.0 Å². The van der Waals surface area contributed by atoms with E-state index in [4.69, 9.17) is 45.9 Å². The van der Waals surface area contributed by atoms with Crippen molar-refractivity contribution in [2.45, 2.75) is 159 Å². The second kappa shape index (κ2) is 38.4. The number of nitrogens with two attached hydrogens (primary N) is 8. The number of aliphatic imine (C=N–C) groups is 4. The van der Waals surface area contributed by atoms with Gasteiger partial charge in [-0.25, -0.2) is 0 Å². The maximum Gasteiger partial charge on any atom is 0.245 e. The Labute approximate surface area is 484 Å². The molecule has 0 saturated carbocycles. The Morgan fingerprint density at radius 3 is 1.40 bits per heavy atom. The van der Waals surface area contributed by atoms with E-state index in [2.05, 4.69) is 67.8 Å². The topological polar surface area (TPSA) is 540 Å². The largest absolute Gasteiger partial charge is 0.394 e. The fourth-order valence-electron chi connectivity index (χ4n) is 8.57. The summed E-state index contributed by atoms with van der Waals surface area (Å²) >= 11 is 0. The van der Waals surface area contributed by atoms with Crippen molar-refractivity contribution in [1.82, 2.24) is 47.9 Å². The molecule has 1 fully saturated rings. The summed E-state index contributed by atoms with van der Waals surface area (Å²) in [5, 5.41) is 34.8. The minimum atomic E-state index is -1.61. The standard InChI is InChI=1S/C52H91N21O10/c1-29(2)25-37(70-45(80)38(26-31-13-6-5-7-14-31)71-47(82)39(28-75)72-44(79)35(18-11-23-64-51(57)58)67-41(76)33-16-9-20-61-33)46(81)73-40(30(3)4)48(83)69-36(19-12-24-65-52(59)60)43(78)68-34(17-10-22-63-50(55)56)42(77)66-32(27-74)15-8-21-62-49(53)54/h5-7,13-14,27,29-30,32-40,61,75H,8-12,15-26,28H2,1-4H3,(H,66,77)(H,67,76)(H,68,78)(H,69,83)(H,70,80)(H,71,82)(H,72,79)(H,73,81)(H4,53,54,62)(H4,55,56,63)(H4,57,58,64)(H4,59,60,65)/t32-,33-,34-,35-,36-,37-,38-,39-,40-/m0/s1. The molecule has 1 aromatic rings. The number of carbonyl (C=O) groups is 9. The van der Waals surface area contributed by atoms with Crippen LogP contribution in [-0.2, 0) is 49.6 Å². The third-order valence-electron chi connectivity index (χ3n) is 12.9. The normalized spacial score (nSPS) is 15.6. The van der Waals surface area contributed by atoms with Crippen LogP contribution in [0.4, 0.5) is 0 Å². The lowest BCUT2D eigenvalue weighted by molar-refractivity contribution is -0.136. The third-order valence-corrected chi connectivity index (χ3v) is 12.9. The van der Waals surface area contributed by atoms with Crippen LogP contribution < -0.4 is 93.7 Å². The molecule has 1 aliphatic rings. The zero-order chi connectivity index (χ0) is 62.0. The molecule has 2 rings (SSSR count). The van der Waals surface area contributed by atoms with E-state index >= 15 is 0 Å². The SMILES string of the molecule is CC(C)C[C@H](NC(=O)[C@H](Cc1ccccc1)NC(=O)[C@H](CO)NC(=O)[C@H](CCCN=C(N)N)NC(=O)[C@@H]1CCCN1)C(=O)N[C@H](C(=O)N[C@@H](CCCN=C(N)N)C(=O)N[C@@H](CCCN=C(N)N)C(=O)N[C@H](C=O)CCCN=C(N)N)C(C)C. The molecule has 0 aliphatic carbocycles. The molecule has 83 heavy (non-hydrogen) atoms. The van der Waals surface area contributed by atoms with Crippen molar-refractivity contribution in [1.29, 1.82) is 0 Å². The molecule has 0 radical (unpaired) electrons. The van der Waals surface area contributed by atoms with Crippen LogP contribution in [0.15, 0.2) is 50.3 Å². The molecule has 1 aliphatic heterocycles. The number of amides is 8. The lowest BCUT2D eigenvalue weighted by Gasteiger charge is -2.29. The first-order valence-electron chi connectivity index (χ1n) is 27.8. The van der Waals surface area contributed by atoms with E-state index < -0.39 is 114 Å². The van der Waals surface area contributed by atoms with Crippen LogP contribution in [-0.4, -0.2) is 176 Å². The Bertz CT molecular complexity index is 2370. The number of aliphatic hydroxyl groups is 1. The predicted molar refractivity (Wildman–Crippen MR) is 314 cm³/mol. The van der Waals surface area contributed by atoms with Gasteiger partial charge in [0.15, 0.2) is 23.8 Å². The van der Waals surface area contributed by atoms with Crippen molar-refractivity contribution in [3.63, 3.8) is 0 Å². The number of rotatable bonds is 39. The molecule has 0 bridgehead atoms. The van der Waals surface area contributed by atoms with E-state index in [-0.39, 0.29) is 114 Å². The first-order valence-corrected chi connectivity index (χ1v) is 27.8. The summed E-state index contributed by atoms with van der Waals surface area (Å²) in [5.74, 6) is -7.71. The van der Waals surface area contributed by atoms with Gasteiger partial charge in [0.1, 0.15) is 48.6 Å². The highest BCUT2D eigenvalue weighted by Gasteiger charge is 2.36. The van der Waals surface area contributed by atoms with Crippen LogP contribution in [0.3, 0.4) is 0 Å². The van der Waals surface area contributed by atoms with Gasteiger partial charge >= 0.3 is 0 Å². The molecule has 0 spiro atoms. The summed E-state index contributed by atoms with van der Waals surface area (Å²) in [4.78, 5) is 140. The monoisotopic (exact) mass is 1170 g/mol. The average molecular weight is 1170 g/mol. The number of aldehydes is 1. The van der Waals surface area contributed by atoms with Gasteiger partial charge in [-0.05, 0) is 94.6 Å². The van der Waals surface area contributed by atoms with Crippen molar-refractivity contribution >= 4 is 77.4 Å². The molecule has 464 valence electrons. The summed E-state index contributed by atoms with van der Waals surface area (Å²) < 4.78 is 0. The quantitative estimate of drug-likeness (QED) is 0.0126. The number of guanidine groups is 4. The zero-order valence-electron chi connectivity index (χ0n) is 48.1. The smallest absolute Gasteiger partial charge is 0.245 e. The molecular weight excluding hydrogens is 1080 g/mol. The fourth-order valence-corrected chi connectivity index (χ4v) is 8.57. The Morgan fingerprint density at radius 1 is 0.542 bits per heavy atom. The lowest BCUT2D eigenvalue weighted by atomic mass is 9.98. The minimum Gasteiger partial charge on any atom is -0.394 e. The summed E-state index contributed by atoms with van der Waals surface area (Å²) in [6.07, 6.45) is 2.90. The number of aliphatic hydroxyl groups excluding tert-OH is 1. The lowest BCUT2D eigenvalue weighted by Crippen LogP contribution is -2.61. The number of hydrogen-bond acceptors (Lipinski definition) is 15. The number of nitrogens with zero attached hydrogens (tertiary/aromatic N) is 4. The summed E-state index contributed by atoms with van der Waals surface area (Å²) in [6.45, 7) is 7.05. The van der Waals surface area contributed by atoms with Crippen molar-refractivity contribution in [2.24, 2.45) is 77.7 Å². The number of benzene rings is 1. The molecule has 1 heterocycles. The molecule has 31 heteroatoms. The molecule has 0 unspecified atom stereocenters. The first kappa shape index (κ1) is 70.8. The molecular formula is C52H91N21O10. The van der Waals surface area contributed by atoms with Gasteiger partial charge in [-0.15, -0.1) is 0 Å². The van der Waals surface area contributed by atoms with Gasteiger partial charge in [0.2, 0.25) is 47.3 Å². The van der Waals surface area contributed by atoms with Crippen molar-refractivity contribution in [2.75, 3.05) is 39.3 Å². The van der Waals surface area contributed by atoms with E-state index in [1.807, 2.05) is 0 Å². The van der Waals surface area contributed by atoms with Gasteiger partial charge in [0.25, 0.3) is 0 Å². The van der Waals surface area contributed by atoms with Gasteiger partial charge in [0.05, 0.1) is 18.7 Å². The number of carbonyl (C=O) groups excluding carboxylic acids is 9. The number of hydrogen-bond donors (Lipinski definition) is 18. The Hall–Kier alpha value is -8.35. The highest BCUT2D eigenvalue weighted by molar-refractivity contribution is 5.98. The molecule has 9 atom stereocenters. The molecule has 0 aromatic heterocycles. The summed E-state index contributed by atoms with van der Waals surface area (Å²) in [7, 11) is 0. The Kier molecular flexibility index (Phi) is 32.7. The second-order valence-electron chi connectivity index (χ2n) is 20.8. The van der Waals surface area contributed by atoms with Crippen molar-refractivity contribution in [3.8, 4) is 0 Å². The molecule has 1 saturated heterocycles. The van der Waals surface area contributed by atoms with E-state index in [0.717, 1.165) is 6.42 Å². The third kappa shape index (κ3) is 28.8. The predicted octanol–water partition coefficient (Wildman–Crippen LogP) is -6.03. The van der Waals surface area contributed by atoms with Gasteiger partial charge in [-0.1, -0.05) is 58.0 Å². The number of nitrogens with one attached hydrogen (secondary N) is 9. The Balaban J connectivity index is 2.43. The first-order chi connectivity index (χ1) is 39.3. The van der Waals surface area contributed by atoms with E-state index in [1.165, 1.54) is 0 Å². The van der Waals surface area contributed by atoms with Crippen LogP contribution in [0.2, 0.25) is 0 Å². The maximum atomic E-state index is 14.4. The van der Waals surface area contributed by atoms with Gasteiger partial charge in [0, 0.05) is 32.6 Å². The fraction of sp³-hybridized carbons (Fsp3) is 0.635. The van der Waals surface area contributed by atoms with Crippen LogP contribution in [0.1, 0.15) is 104 Å². The highest BCUT2D eigenvalue weighted by Crippen LogP contribution is 2.13. The van der Waals surface area contributed by atoms with Crippen LogP contribution in [0.5, 0.6) is 0 Å². The molecule has 8 amide bonds. The van der Waals surface area contributed by atoms with Crippen LogP contribution in [0.25, 0.3) is 0 Å². The second-order valence-corrected chi connectivity index (χ2v) is 20.8. The molecule has 26 N–H and O–H groups in total. The van der Waals surface area contributed by atoms with Gasteiger partial charge in [-0.3, -0.25) is 58.3 Å². The van der Waals surface area contributed by atoms with Crippen molar-refractivity contribution < 1.29 is 48.3 Å².